The SMILES string of the molecule is COc1cccc(CNC[C@@H](O)[C@H](Cc2cc(F)cc(F)c2)NC(=O)c2cc(C)cc(C(=O)[C@@H]3CCCN3C)c2)c1. The van der Waals surface area contributed by atoms with E-state index in [0.717, 1.165) is 36.6 Å². The topological polar surface area (TPSA) is 90.9 Å². The van der Waals surface area contributed by atoms with Gasteiger partial charge in [-0.1, -0.05) is 12.1 Å². The molecule has 3 aromatic carbocycles. The van der Waals surface area contributed by atoms with Crippen LogP contribution in [-0.4, -0.2) is 67.1 Å². The second-order valence-electron chi connectivity index (χ2n) is 10.7. The van der Waals surface area contributed by atoms with Gasteiger partial charge in [-0.3, -0.25) is 14.5 Å². The van der Waals surface area contributed by atoms with Crippen molar-refractivity contribution in [1.29, 1.82) is 0 Å². The van der Waals surface area contributed by atoms with Gasteiger partial charge < -0.3 is 20.5 Å². The summed E-state index contributed by atoms with van der Waals surface area (Å²) in [5.74, 6) is -1.30. The van der Waals surface area contributed by atoms with Gasteiger partial charge in [0.2, 0.25) is 0 Å². The molecule has 218 valence electrons. The standard InChI is InChI=1S/C32H37F2N3O4/c1-20-10-23(31(39)29-8-5-9-37(29)2)16-24(11-20)32(40)36-28(15-22-12-25(33)17-26(34)13-22)30(38)19-35-18-21-6-4-7-27(14-21)41-3/h4,6-7,10-14,16-17,28-30,35,38H,5,8-9,15,18-19H2,1-3H3,(H,36,40)/t28-,29-,30+/m0/s1. The number of hydrogen-bond donors (Lipinski definition) is 3. The number of aliphatic hydroxyl groups is 1. The highest BCUT2D eigenvalue weighted by atomic mass is 19.1. The van der Waals surface area contributed by atoms with E-state index < -0.39 is 29.7 Å². The molecule has 4 rings (SSSR count). The van der Waals surface area contributed by atoms with Gasteiger partial charge in [-0.25, -0.2) is 8.78 Å². The number of aryl methyl sites for hydroxylation is 1. The van der Waals surface area contributed by atoms with Crippen LogP contribution >= 0.6 is 0 Å². The zero-order valence-electron chi connectivity index (χ0n) is 23.6. The molecular weight excluding hydrogens is 528 g/mol. The molecule has 1 fully saturated rings. The number of benzene rings is 3. The van der Waals surface area contributed by atoms with Crippen molar-refractivity contribution in [2.75, 3.05) is 27.2 Å². The smallest absolute Gasteiger partial charge is 0.251 e. The largest absolute Gasteiger partial charge is 0.497 e. The van der Waals surface area contributed by atoms with Crippen molar-refractivity contribution in [2.24, 2.45) is 0 Å². The van der Waals surface area contributed by atoms with Crippen LogP contribution < -0.4 is 15.4 Å². The summed E-state index contributed by atoms with van der Waals surface area (Å²) < 4.78 is 33.1. The minimum Gasteiger partial charge on any atom is -0.497 e. The van der Waals surface area contributed by atoms with E-state index in [1.165, 1.54) is 12.1 Å². The van der Waals surface area contributed by atoms with Crippen LogP contribution in [0.1, 0.15) is 50.2 Å². The molecule has 1 aliphatic rings. The van der Waals surface area contributed by atoms with E-state index >= 15 is 0 Å². The van der Waals surface area contributed by atoms with Gasteiger partial charge in [0.05, 0.1) is 25.3 Å². The third-order valence-electron chi connectivity index (χ3n) is 7.42. The summed E-state index contributed by atoms with van der Waals surface area (Å²) in [6.07, 6.45) is 0.616. The predicted octanol–water partition coefficient (Wildman–Crippen LogP) is 4.05. The lowest BCUT2D eigenvalue weighted by Gasteiger charge is -2.25. The number of aliphatic hydroxyl groups excluding tert-OH is 1. The van der Waals surface area contributed by atoms with Crippen molar-refractivity contribution in [2.45, 2.75) is 50.9 Å². The van der Waals surface area contributed by atoms with E-state index in [-0.39, 0.29) is 30.4 Å². The summed E-state index contributed by atoms with van der Waals surface area (Å²) in [6, 6.07) is 14.5. The Morgan fingerprint density at radius 1 is 1.05 bits per heavy atom. The number of methoxy groups -OCH3 is 1. The molecule has 0 aromatic heterocycles. The van der Waals surface area contributed by atoms with Gasteiger partial charge >= 0.3 is 0 Å². The number of nitrogens with zero attached hydrogens (tertiary/aromatic N) is 1. The van der Waals surface area contributed by atoms with Gasteiger partial charge in [0.1, 0.15) is 17.4 Å². The lowest BCUT2D eigenvalue weighted by atomic mass is 9.97. The van der Waals surface area contributed by atoms with Crippen molar-refractivity contribution < 1.29 is 28.2 Å². The van der Waals surface area contributed by atoms with Crippen molar-refractivity contribution in [1.82, 2.24) is 15.5 Å². The highest BCUT2D eigenvalue weighted by molar-refractivity contribution is 6.03. The number of carbonyl (C=O) groups is 2. The quantitative estimate of drug-likeness (QED) is 0.287. The number of ketones is 1. The van der Waals surface area contributed by atoms with E-state index in [1.54, 1.807) is 25.3 Å². The van der Waals surface area contributed by atoms with E-state index in [0.29, 0.717) is 23.4 Å². The Hall–Kier alpha value is -3.66. The van der Waals surface area contributed by atoms with Crippen LogP contribution in [0.15, 0.2) is 60.7 Å². The first kappa shape index (κ1) is 30.3. The molecule has 1 aliphatic heterocycles. The maximum atomic E-state index is 13.9. The maximum absolute atomic E-state index is 13.9. The Morgan fingerprint density at radius 3 is 2.46 bits per heavy atom. The lowest BCUT2D eigenvalue weighted by Crippen LogP contribution is -2.48. The number of likely N-dealkylation sites (tertiary alicyclic amines) is 1. The Labute approximate surface area is 239 Å². The minimum atomic E-state index is -1.09. The first-order valence-electron chi connectivity index (χ1n) is 13.8. The third-order valence-corrected chi connectivity index (χ3v) is 7.42. The Kier molecular flexibility index (Phi) is 10.2. The molecule has 3 aromatic rings. The fraction of sp³-hybridized carbons (Fsp3) is 0.375. The molecule has 3 atom stereocenters. The fourth-order valence-electron chi connectivity index (χ4n) is 5.30. The molecule has 0 radical (unpaired) electrons. The Balaban J connectivity index is 1.51. The molecule has 1 saturated heterocycles. The monoisotopic (exact) mass is 565 g/mol. The second kappa shape index (κ2) is 13.8. The van der Waals surface area contributed by atoms with Crippen LogP contribution in [0.25, 0.3) is 0 Å². The van der Waals surface area contributed by atoms with E-state index in [1.807, 2.05) is 43.1 Å². The van der Waals surface area contributed by atoms with Gasteiger partial charge in [0.15, 0.2) is 5.78 Å². The average Bonchev–Trinajstić information content (AvgIpc) is 3.37. The summed E-state index contributed by atoms with van der Waals surface area (Å²) in [5, 5.41) is 17.1. The number of ether oxygens (including phenoxy) is 1. The maximum Gasteiger partial charge on any atom is 0.251 e. The summed E-state index contributed by atoms with van der Waals surface area (Å²) >= 11 is 0. The van der Waals surface area contributed by atoms with Crippen LogP contribution in [-0.2, 0) is 13.0 Å². The zero-order chi connectivity index (χ0) is 29.5. The molecular formula is C32H37F2N3O4. The molecule has 0 unspecified atom stereocenters. The number of rotatable bonds is 12. The zero-order valence-corrected chi connectivity index (χ0v) is 23.6. The Morgan fingerprint density at radius 2 is 1.78 bits per heavy atom. The molecule has 0 spiro atoms. The number of likely N-dealkylation sites (N-methyl/N-ethyl adjacent to an activating group) is 1. The van der Waals surface area contributed by atoms with Crippen molar-refractivity contribution in [3.05, 3.63) is 100 Å². The Bertz CT molecular complexity index is 1360. The van der Waals surface area contributed by atoms with Gasteiger partial charge in [-0.15, -0.1) is 0 Å². The van der Waals surface area contributed by atoms with Crippen LogP contribution in [0.5, 0.6) is 5.75 Å². The number of halogens is 2. The van der Waals surface area contributed by atoms with Crippen LogP contribution in [0, 0.1) is 18.6 Å². The number of carbonyl (C=O) groups excluding carboxylic acids is 2. The van der Waals surface area contributed by atoms with Crippen molar-refractivity contribution in [3.63, 3.8) is 0 Å². The third kappa shape index (κ3) is 8.19. The highest BCUT2D eigenvalue weighted by Crippen LogP contribution is 2.21. The average molecular weight is 566 g/mol. The van der Waals surface area contributed by atoms with Gasteiger partial charge in [-0.2, -0.15) is 0 Å². The summed E-state index contributed by atoms with van der Waals surface area (Å²) in [5.41, 5.74) is 2.73. The van der Waals surface area contributed by atoms with Gasteiger partial charge in [-0.05, 0) is 98.9 Å². The molecule has 3 N–H and O–H groups in total. The molecule has 7 nitrogen and oxygen atoms in total. The lowest BCUT2D eigenvalue weighted by molar-refractivity contribution is 0.0829. The molecule has 1 heterocycles. The summed E-state index contributed by atoms with van der Waals surface area (Å²) in [7, 11) is 3.50. The first-order valence-corrected chi connectivity index (χ1v) is 13.8. The molecule has 9 heteroatoms. The normalized spacial score (nSPS) is 16.8. The molecule has 0 aliphatic carbocycles. The van der Waals surface area contributed by atoms with Gasteiger partial charge in [0, 0.05) is 30.3 Å². The molecule has 0 saturated carbocycles. The predicted molar refractivity (Wildman–Crippen MR) is 153 cm³/mol. The second-order valence-corrected chi connectivity index (χ2v) is 10.7. The van der Waals surface area contributed by atoms with Crippen LogP contribution in [0.3, 0.4) is 0 Å². The number of Topliss-reactive ketones (excluding diaryl/α,β-unsaturated/α-hetero) is 1. The van der Waals surface area contributed by atoms with Gasteiger partial charge in [0.25, 0.3) is 5.91 Å². The summed E-state index contributed by atoms with van der Waals surface area (Å²) in [4.78, 5) is 28.7. The molecule has 41 heavy (non-hydrogen) atoms. The minimum absolute atomic E-state index is 0.00704. The van der Waals surface area contributed by atoms with Crippen molar-refractivity contribution in [3.8, 4) is 5.75 Å². The van der Waals surface area contributed by atoms with Crippen molar-refractivity contribution >= 4 is 11.7 Å². The molecule has 1 amide bonds. The summed E-state index contributed by atoms with van der Waals surface area (Å²) in [6.45, 7) is 3.20. The highest BCUT2D eigenvalue weighted by Gasteiger charge is 2.29. The van der Waals surface area contributed by atoms with E-state index in [9.17, 15) is 23.5 Å². The molecule has 0 bridgehead atoms. The van der Waals surface area contributed by atoms with Crippen LogP contribution in [0.2, 0.25) is 0 Å². The van der Waals surface area contributed by atoms with Crippen LogP contribution in [0.4, 0.5) is 8.78 Å². The number of hydrogen-bond acceptors (Lipinski definition) is 6. The number of nitrogens with one attached hydrogen (secondary N) is 2. The first-order chi connectivity index (χ1) is 19.6. The van der Waals surface area contributed by atoms with E-state index in [2.05, 4.69) is 10.6 Å². The van der Waals surface area contributed by atoms with E-state index in [4.69, 9.17) is 4.74 Å². The number of amides is 1. The fourth-order valence-corrected chi connectivity index (χ4v) is 5.30.